The first kappa shape index (κ1) is 14.4. The van der Waals surface area contributed by atoms with E-state index in [4.69, 9.17) is 15.2 Å². The van der Waals surface area contributed by atoms with Crippen molar-refractivity contribution in [3.8, 4) is 5.75 Å². The number of rotatable bonds is 3. The molecule has 0 spiro atoms. The van der Waals surface area contributed by atoms with Crippen LogP contribution >= 0.6 is 0 Å². The molecule has 3 heteroatoms. The van der Waals surface area contributed by atoms with Gasteiger partial charge in [0, 0.05) is 19.6 Å². The molecule has 0 saturated heterocycles. The molecule has 3 nitrogen and oxygen atoms in total. The van der Waals surface area contributed by atoms with E-state index in [2.05, 4.69) is 45.9 Å². The lowest BCUT2D eigenvalue weighted by Gasteiger charge is -2.41. The highest BCUT2D eigenvalue weighted by atomic mass is 16.5. The highest BCUT2D eigenvalue weighted by Crippen LogP contribution is 2.35. The van der Waals surface area contributed by atoms with Crippen molar-refractivity contribution in [2.45, 2.75) is 57.8 Å². The van der Waals surface area contributed by atoms with E-state index in [-0.39, 0.29) is 23.7 Å². The van der Waals surface area contributed by atoms with Crippen molar-refractivity contribution in [1.29, 1.82) is 0 Å². The van der Waals surface area contributed by atoms with Gasteiger partial charge in [0.15, 0.2) is 0 Å². The molecule has 1 fully saturated rings. The lowest BCUT2D eigenvalue weighted by Crippen LogP contribution is -2.59. The van der Waals surface area contributed by atoms with Gasteiger partial charge >= 0.3 is 0 Å². The van der Waals surface area contributed by atoms with E-state index in [0.717, 1.165) is 12.2 Å². The first-order chi connectivity index (χ1) is 8.82. The van der Waals surface area contributed by atoms with Gasteiger partial charge in [0.25, 0.3) is 0 Å². The Morgan fingerprint density at radius 2 is 1.95 bits per heavy atom. The normalized spacial score (nSPS) is 26.9. The molecule has 1 aliphatic carbocycles. The van der Waals surface area contributed by atoms with Crippen LogP contribution in [-0.2, 0) is 10.2 Å². The summed E-state index contributed by atoms with van der Waals surface area (Å²) in [7, 11) is 1.69. The van der Waals surface area contributed by atoms with Gasteiger partial charge in [0.1, 0.15) is 18.0 Å². The van der Waals surface area contributed by atoms with Gasteiger partial charge in [-0.3, -0.25) is 0 Å². The first-order valence-corrected chi connectivity index (χ1v) is 6.89. The number of aryl methyl sites for hydroxylation is 1. The first-order valence-electron chi connectivity index (χ1n) is 6.89. The highest BCUT2D eigenvalue weighted by molar-refractivity contribution is 5.41. The van der Waals surface area contributed by atoms with Crippen molar-refractivity contribution >= 4 is 0 Å². The number of hydrogen-bond acceptors (Lipinski definition) is 3. The summed E-state index contributed by atoms with van der Waals surface area (Å²) < 4.78 is 11.5. The van der Waals surface area contributed by atoms with Crippen molar-refractivity contribution < 1.29 is 9.47 Å². The average Bonchev–Trinajstić information content (AvgIpc) is 2.29. The van der Waals surface area contributed by atoms with E-state index in [1.807, 2.05) is 0 Å². The van der Waals surface area contributed by atoms with Gasteiger partial charge in [-0.05, 0) is 24.0 Å². The zero-order valence-corrected chi connectivity index (χ0v) is 12.6. The predicted molar refractivity (Wildman–Crippen MR) is 77.7 cm³/mol. The van der Waals surface area contributed by atoms with E-state index in [1.165, 1.54) is 11.1 Å². The summed E-state index contributed by atoms with van der Waals surface area (Å²) in [6.45, 7) is 8.72. The van der Waals surface area contributed by atoms with E-state index in [9.17, 15) is 0 Å². The third kappa shape index (κ3) is 2.93. The molecule has 3 atom stereocenters. The van der Waals surface area contributed by atoms with Crippen LogP contribution in [0.2, 0.25) is 0 Å². The van der Waals surface area contributed by atoms with Gasteiger partial charge in [-0.25, -0.2) is 0 Å². The Bertz CT molecular complexity index is 451. The molecule has 19 heavy (non-hydrogen) atoms. The minimum absolute atomic E-state index is 0.00845. The second-order valence-electron chi connectivity index (χ2n) is 6.51. The minimum Gasteiger partial charge on any atom is -0.487 e. The average molecular weight is 263 g/mol. The molecule has 0 heterocycles. The van der Waals surface area contributed by atoms with Gasteiger partial charge in [0.05, 0.1) is 0 Å². The van der Waals surface area contributed by atoms with Gasteiger partial charge in [-0.2, -0.15) is 0 Å². The summed E-state index contributed by atoms with van der Waals surface area (Å²) >= 11 is 0. The largest absolute Gasteiger partial charge is 0.487 e. The van der Waals surface area contributed by atoms with Crippen LogP contribution in [0.4, 0.5) is 0 Å². The van der Waals surface area contributed by atoms with Crippen molar-refractivity contribution in [1.82, 2.24) is 0 Å². The fourth-order valence-electron chi connectivity index (χ4n) is 2.55. The Morgan fingerprint density at radius 3 is 2.47 bits per heavy atom. The Kier molecular flexibility index (Phi) is 3.88. The molecular formula is C16H25NO2. The third-order valence-electron chi connectivity index (χ3n) is 3.79. The summed E-state index contributed by atoms with van der Waals surface area (Å²) in [5, 5.41) is 0. The zero-order chi connectivity index (χ0) is 14.2. The maximum atomic E-state index is 6.13. The standard InChI is InChI=1S/C16H25NO2/c1-10-6-7-13(11(8-10)16(2,3)4)19-14-9-12(17)15(14)18-5/h6-8,12,14-15H,9,17H2,1-5H3. The number of methoxy groups -OCH3 is 1. The summed E-state index contributed by atoms with van der Waals surface area (Å²) in [4.78, 5) is 0. The molecule has 3 unspecified atom stereocenters. The molecule has 1 saturated carbocycles. The van der Waals surface area contributed by atoms with Crippen molar-refractivity contribution in [2.24, 2.45) is 5.73 Å². The SMILES string of the molecule is COC1C(N)CC1Oc1ccc(C)cc1C(C)(C)C. The summed E-state index contributed by atoms with van der Waals surface area (Å²) in [5.74, 6) is 0.956. The number of nitrogens with two attached hydrogens (primary N) is 1. The molecule has 2 rings (SSSR count). The lowest BCUT2D eigenvalue weighted by atomic mass is 9.84. The Balaban J connectivity index is 2.21. The molecule has 0 amide bonds. The van der Waals surface area contributed by atoms with Crippen molar-refractivity contribution in [2.75, 3.05) is 7.11 Å². The van der Waals surface area contributed by atoms with Crippen LogP contribution in [0, 0.1) is 6.92 Å². The number of hydrogen-bond donors (Lipinski definition) is 1. The van der Waals surface area contributed by atoms with Crippen LogP contribution in [-0.4, -0.2) is 25.4 Å². The predicted octanol–water partition coefficient (Wildman–Crippen LogP) is 2.79. The Labute approximate surface area is 116 Å². The molecule has 106 valence electrons. The van der Waals surface area contributed by atoms with E-state index in [1.54, 1.807) is 7.11 Å². The smallest absolute Gasteiger partial charge is 0.128 e. The van der Waals surface area contributed by atoms with E-state index >= 15 is 0 Å². The Morgan fingerprint density at radius 1 is 1.26 bits per heavy atom. The fourth-order valence-corrected chi connectivity index (χ4v) is 2.55. The van der Waals surface area contributed by atoms with Crippen LogP contribution < -0.4 is 10.5 Å². The van der Waals surface area contributed by atoms with Crippen molar-refractivity contribution in [3.63, 3.8) is 0 Å². The molecular weight excluding hydrogens is 238 g/mol. The summed E-state index contributed by atoms with van der Waals surface area (Å²) in [6, 6.07) is 6.45. The van der Waals surface area contributed by atoms with Gasteiger partial charge in [-0.15, -0.1) is 0 Å². The lowest BCUT2D eigenvalue weighted by molar-refractivity contribution is -0.0787. The van der Waals surface area contributed by atoms with Crippen LogP contribution in [0.3, 0.4) is 0 Å². The monoisotopic (exact) mass is 263 g/mol. The van der Waals surface area contributed by atoms with E-state index < -0.39 is 0 Å². The van der Waals surface area contributed by atoms with Gasteiger partial charge < -0.3 is 15.2 Å². The molecule has 0 aliphatic heterocycles. The Hall–Kier alpha value is -1.06. The second-order valence-corrected chi connectivity index (χ2v) is 6.51. The van der Waals surface area contributed by atoms with E-state index in [0.29, 0.717) is 0 Å². The molecule has 0 bridgehead atoms. The van der Waals surface area contributed by atoms with Crippen LogP contribution in [0.5, 0.6) is 5.75 Å². The highest BCUT2D eigenvalue weighted by Gasteiger charge is 2.41. The fraction of sp³-hybridized carbons (Fsp3) is 0.625. The quantitative estimate of drug-likeness (QED) is 0.912. The zero-order valence-electron chi connectivity index (χ0n) is 12.6. The van der Waals surface area contributed by atoms with Gasteiger partial charge in [-0.1, -0.05) is 38.5 Å². The second kappa shape index (κ2) is 5.14. The number of benzene rings is 1. The molecule has 2 N–H and O–H groups in total. The maximum absolute atomic E-state index is 6.13. The molecule has 1 aromatic carbocycles. The molecule has 1 aliphatic rings. The van der Waals surface area contributed by atoms with Gasteiger partial charge in [0.2, 0.25) is 0 Å². The van der Waals surface area contributed by atoms with Crippen LogP contribution in [0.1, 0.15) is 38.3 Å². The summed E-state index contributed by atoms with van der Waals surface area (Å²) in [6.07, 6.45) is 0.939. The van der Waals surface area contributed by atoms with Crippen LogP contribution in [0.15, 0.2) is 18.2 Å². The minimum atomic E-state index is 0.00845. The molecule has 0 radical (unpaired) electrons. The molecule has 0 aromatic heterocycles. The topological polar surface area (TPSA) is 44.5 Å². The summed E-state index contributed by atoms with van der Waals surface area (Å²) in [5.41, 5.74) is 8.48. The van der Waals surface area contributed by atoms with Crippen LogP contribution in [0.25, 0.3) is 0 Å². The maximum Gasteiger partial charge on any atom is 0.128 e. The van der Waals surface area contributed by atoms with Crippen molar-refractivity contribution in [3.05, 3.63) is 29.3 Å². The number of ether oxygens (including phenoxy) is 2. The third-order valence-corrected chi connectivity index (χ3v) is 3.79. The molecule has 1 aromatic rings.